The van der Waals surface area contributed by atoms with Gasteiger partial charge < -0.3 is 18.3 Å². The van der Waals surface area contributed by atoms with Gasteiger partial charge >= 0.3 is 0 Å². The fraction of sp³-hybridized carbons (Fsp3) is 0.100. The molecular weight excluding hydrogens is 1060 g/mol. The minimum atomic E-state index is -0.0888. The van der Waals surface area contributed by atoms with E-state index in [1.807, 2.05) is 11.8 Å². The van der Waals surface area contributed by atoms with Gasteiger partial charge in [0.1, 0.15) is 22.3 Å². The van der Waals surface area contributed by atoms with Crippen LogP contribution in [0, 0.1) is 0 Å². The van der Waals surface area contributed by atoms with Gasteiger partial charge in [-0.25, -0.2) is 0 Å². The molecule has 410 valence electrons. The van der Waals surface area contributed by atoms with Gasteiger partial charge in [-0.15, -0.1) is 0 Å². The highest BCUT2D eigenvalue weighted by atomic mass is 32.2. The van der Waals surface area contributed by atoms with Crippen molar-refractivity contribution >= 4 is 118 Å². The Hall–Kier alpha value is -9.75. The normalized spacial score (nSPS) is 13.1. The standard InChI is InChI=1S/C80H59BN2O2S/c1-79(2,3)54-32-38-73-63(44-54)61-40-50(30-36-71(61)84-73)52-28-34-65-69(42-52)83(78-57(48-18-9-7-10-19-48)24-17-25-58(78)49-20-11-8-12-21-49)70-46-56(82-67-26-15-13-22-59(67)60-23-14-16-27-68(60)82)47-76-77(70)81(65)66-35-29-53(43-75(66)86-76)51-31-37-72-62(41-51)64-45-55(80(4,5)6)33-39-74(64)85-72/h7-47H,1-6H3. The molecule has 4 nitrogen and oxygen atoms in total. The SMILES string of the molecule is CC(C)(C)c1ccc2oc3ccc(-c4ccc5c(c4)Sc4cc(-n6c7ccccc7c7ccccc76)cc6c4B5c4ccc(-c5ccc7oc8ccc(C(C)(C)C)cc8c7c5)cc4N6c4c(-c5ccccc5)cccc4-c4ccccc4)cc3c2c1. The van der Waals surface area contributed by atoms with Crippen LogP contribution in [0.1, 0.15) is 52.7 Å². The van der Waals surface area contributed by atoms with Crippen LogP contribution in [-0.2, 0) is 10.8 Å². The van der Waals surface area contributed by atoms with Gasteiger partial charge in [-0.05, 0) is 151 Å². The molecule has 0 amide bonds. The van der Waals surface area contributed by atoms with E-state index in [2.05, 4.69) is 300 Å². The summed E-state index contributed by atoms with van der Waals surface area (Å²) in [5.41, 5.74) is 26.2. The third kappa shape index (κ3) is 7.92. The molecule has 5 heterocycles. The van der Waals surface area contributed by atoms with Crippen LogP contribution in [0.25, 0.3) is 116 Å². The Morgan fingerprint density at radius 1 is 0.349 bits per heavy atom. The van der Waals surface area contributed by atoms with E-state index in [1.165, 1.54) is 64.7 Å². The molecule has 0 bridgehead atoms. The van der Waals surface area contributed by atoms with Crippen LogP contribution in [0.3, 0.4) is 0 Å². The molecule has 0 unspecified atom stereocenters. The Labute approximate surface area is 505 Å². The van der Waals surface area contributed by atoms with E-state index in [-0.39, 0.29) is 17.5 Å². The molecular formula is C80H59BN2O2S. The first kappa shape index (κ1) is 50.7. The van der Waals surface area contributed by atoms with Crippen molar-refractivity contribution in [2.45, 2.75) is 62.2 Å². The van der Waals surface area contributed by atoms with Gasteiger partial charge in [0.15, 0.2) is 0 Å². The Morgan fingerprint density at radius 3 is 1.36 bits per heavy atom. The molecule has 3 aromatic heterocycles. The summed E-state index contributed by atoms with van der Waals surface area (Å²) in [6.45, 7) is 13.6. The van der Waals surface area contributed by atoms with Crippen molar-refractivity contribution in [3.63, 3.8) is 0 Å². The lowest BCUT2D eigenvalue weighted by atomic mass is 9.34. The van der Waals surface area contributed by atoms with Gasteiger partial charge in [0.05, 0.1) is 16.7 Å². The lowest BCUT2D eigenvalue weighted by molar-refractivity contribution is 0.590. The van der Waals surface area contributed by atoms with Crippen molar-refractivity contribution in [1.29, 1.82) is 0 Å². The zero-order valence-electron chi connectivity index (χ0n) is 48.9. The van der Waals surface area contributed by atoms with Gasteiger partial charge in [0.2, 0.25) is 6.71 Å². The van der Waals surface area contributed by atoms with Crippen molar-refractivity contribution in [3.8, 4) is 50.2 Å². The minimum absolute atomic E-state index is 0.00907. The third-order valence-electron chi connectivity index (χ3n) is 18.4. The predicted molar refractivity (Wildman–Crippen MR) is 364 cm³/mol. The zero-order chi connectivity index (χ0) is 57.7. The number of anilines is 3. The van der Waals surface area contributed by atoms with Gasteiger partial charge in [0.25, 0.3) is 0 Å². The first-order valence-electron chi connectivity index (χ1n) is 30.0. The van der Waals surface area contributed by atoms with Crippen molar-refractivity contribution in [2.75, 3.05) is 4.90 Å². The molecule has 0 spiro atoms. The van der Waals surface area contributed by atoms with Gasteiger partial charge in [-0.1, -0.05) is 223 Å². The zero-order valence-corrected chi connectivity index (χ0v) is 49.7. The lowest BCUT2D eigenvalue weighted by Gasteiger charge is -2.42. The van der Waals surface area contributed by atoms with Crippen molar-refractivity contribution in [2.24, 2.45) is 0 Å². The van der Waals surface area contributed by atoms with Crippen LogP contribution < -0.4 is 21.3 Å². The highest BCUT2D eigenvalue weighted by Crippen LogP contribution is 2.51. The number of rotatable bonds is 6. The number of fused-ring (bicyclic) bond motifs is 13. The molecule has 15 aromatic rings. The average molecular weight is 1120 g/mol. The Morgan fingerprint density at radius 2 is 0.814 bits per heavy atom. The summed E-state index contributed by atoms with van der Waals surface area (Å²) in [5.74, 6) is 0. The van der Waals surface area contributed by atoms with Crippen LogP contribution >= 0.6 is 11.8 Å². The predicted octanol–water partition coefficient (Wildman–Crippen LogP) is 20.6. The first-order chi connectivity index (χ1) is 41.9. The van der Waals surface area contributed by atoms with Crippen molar-refractivity contribution in [3.05, 3.63) is 260 Å². The number of aromatic nitrogens is 1. The van der Waals surface area contributed by atoms with E-state index in [0.717, 1.165) is 106 Å². The molecule has 0 aliphatic carbocycles. The fourth-order valence-corrected chi connectivity index (χ4v) is 15.2. The summed E-state index contributed by atoms with van der Waals surface area (Å²) in [5, 5.41) is 7.01. The summed E-state index contributed by atoms with van der Waals surface area (Å²) in [6.07, 6.45) is 0. The second-order valence-electron chi connectivity index (χ2n) is 25.6. The number of hydrogen-bond donors (Lipinski definition) is 0. The van der Waals surface area contributed by atoms with Crippen LogP contribution in [0.4, 0.5) is 17.1 Å². The molecule has 0 N–H and O–H groups in total. The first-order valence-corrected chi connectivity index (χ1v) is 30.8. The van der Waals surface area contributed by atoms with E-state index < -0.39 is 0 Å². The Kier molecular flexibility index (Phi) is 11.1. The monoisotopic (exact) mass is 1120 g/mol. The molecule has 86 heavy (non-hydrogen) atoms. The maximum Gasteiger partial charge on any atom is 0.249 e. The highest BCUT2D eigenvalue weighted by molar-refractivity contribution is 8.00. The van der Waals surface area contributed by atoms with Gasteiger partial charge in [-0.2, -0.15) is 0 Å². The molecule has 0 atom stereocenters. The van der Waals surface area contributed by atoms with Crippen LogP contribution in [0.15, 0.2) is 267 Å². The molecule has 0 radical (unpaired) electrons. The molecule has 2 aliphatic heterocycles. The van der Waals surface area contributed by atoms with Crippen molar-refractivity contribution in [1.82, 2.24) is 4.57 Å². The van der Waals surface area contributed by atoms with Gasteiger partial charge in [0, 0.05) is 70.3 Å². The van der Waals surface area contributed by atoms with Crippen molar-refractivity contribution < 1.29 is 8.83 Å². The maximum atomic E-state index is 6.57. The van der Waals surface area contributed by atoms with E-state index in [1.54, 1.807) is 0 Å². The summed E-state index contributed by atoms with van der Waals surface area (Å²) < 4.78 is 15.6. The van der Waals surface area contributed by atoms with E-state index >= 15 is 0 Å². The molecule has 0 saturated heterocycles. The molecule has 0 fully saturated rings. The number of para-hydroxylation sites is 3. The molecule has 12 aromatic carbocycles. The second kappa shape index (κ2) is 18.9. The fourth-order valence-electron chi connectivity index (χ4n) is 14.0. The Balaban J connectivity index is 0.945. The summed E-state index contributed by atoms with van der Waals surface area (Å²) in [7, 11) is 0. The molecule has 17 rings (SSSR count). The van der Waals surface area contributed by atoms with Crippen LogP contribution in [0.2, 0.25) is 0 Å². The number of furan rings is 2. The maximum absolute atomic E-state index is 6.57. The summed E-state index contributed by atoms with van der Waals surface area (Å²) >= 11 is 1.90. The average Bonchev–Trinajstić information content (AvgIpc) is 0.837. The number of hydrogen-bond acceptors (Lipinski definition) is 4. The Bertz CT molecular complexity index is 5200. The molecule has 2 aliphatic rings. The topological polar surface area (TPSA) is 34.5 Å². The number of nitrogens with zero attached hydrogens (tertiary/aromatic N) is 2. The van der Waals surface area contributed by atoms with Crippen LogP contribution in [-0.4, -0.2) is 11.3 Å². The van der Waals surface area contributed by atoms with E-state index in [9.17, 15) is 0 Å². The van der Waals surface area contributed by atoms with E-state index in [0.29, 0.717) is 0 Å². The summed E-state index contributed by atoms with van der Waals surface area (Å²) in [6, 6.07) is 92.9. The van der Waals surface area contributed by atoms with E-state index in [4.69, 9.17) is 8.83 Å². The number of benzene rings is 12. The molecule has 6 heteroatoms. The molecule has 0 saturated carbocycles. The highest BCUT2D eigenvalue weighted by Gasteiger charge is 2.43. The van der Waals surface area contributed by atoms with Gasteiger partial charge in [-0.3, -0.25) is 0 Å². The largest absolute Gasteiger partial charge is 0.456 e. The third-order valence-corrected chi connectivity index (χ3v) is 19.5. The lowest BCUT2D eigenvalue weighted by Crippen LogP contribution is -2.60. The quantitative estimate of drug-likeness (QED) is 0.155. The summed E-state index contributed by atoms with van der Waals surface area (Å²) in [4.78, 5) is 5.14. The minimum Gasteiger partial charge on any atom is -0.456 e. The smallest absolute Gasteiger partial charge is 0.249 e. The van der Waals surface area contributed by atoms with Crippen LogP contribution in [0.5, 0.6) is 0 Å². The second-order valence-corrected chi connectivity index (χ2v) is 26.7.